The third-order valence-corrected chi connectivity index (χ3v) is 6.75. The Balaban J connectivity index is 1.53. The predicted molar refractivity (Wildman–Crippen MR) is 144 cm³/mol. The van der Waals surface area contributed by atoms with Crippen molar-refractivity contribution < 1.29 is 14.3 Å². The second kappa shape index (κ2) is 11.1. The van der Waals surface area contributed by atoms with E-state index in [9.17, 15) is 10.1 Å². The van der Waals surface area contributed by atoms with E-state index in [0.29, 0.717) is 35.4 Å². The Morgan fingerprint density at radius 1 is 1.03 bits per heavy atom. The molecule has 0 unspecified atom stereocenters. The molecule has 0 spiro atoms. The molecule has 0 aliphatic carbocycles. The zero-order valence-electron chi connectivity index (χ0n) is 20.7. The summed E-state index contributed by atoms with van der Waals surface area (Å²) in [7, 11) is 0. The van der Waals surface area contributed by atoms with Gasteiger partial charge in [-0.25, -0.2) is 4.98 Å². The smallest absolute Gasteiger partial charge is 0.268 e. The molecule has 0 atom stereocenters. The van der Waals surface area contributed by atoms with Gasteiger partial charge >= 0.3 is 0 Å². The van der Waals surface area contributed by atoms with Gasteiger partial charge in [-0.1, -0.05) is 41.7 Å². The molecule has 0 radical (unpaired) electrons. The lowest BCUT2D eigenvalue weighted by Crippen LogP contribution is -2.13. The Morgan fingerprint density at radius 2 is 1.81 bits per heavy atom. The van der Waals surface area contributed by atoms with Crippen LogP contribution in [0.25, 0.3) is 16.3 Å². The third-order valence-electron chi connectivity index (χ3n) is 5.81. The number of carbonyl (C=O) groups excluding carboxylic acids is 1. The van der Waals surface area contributed by atoms with Crippen LogP contribution in [0.5, 0.6) is 11.5 Å². The van der Waals surface area contributed by atoms with E-state index in [0.717, 1.165) is 32.5 Å². The molecule has 1 N–H and O–H groups in total. The number of rotatable bonds is 8. The summed E-state index contributed by atoms with van der Waals surface area (Å²) >= 11 is 1.38. The number of hydrogen-bond acceptors (Lipinski definition) is 6. The number of carbonyl (C=O) groups is 1. The molecule has 182 valence electrons. The number of ether oxygens (including phenoxy) is 2. The predicted octanol–water partition coefficient (Wildman–Crippen LogP) is 6.74. The van der Waals surface area contributed by atoms with Gasteiger partial charge in [0.2, 0.25) is 0 Å². The van der Waals surface area contributed by atoms with E-state index < -0.39 is 5.91 Å². The number of amides is 1. The normalized spacial score (nSPS) is 11.2. The summed E-state index contributed by atoms with van der Waals surface area (Å²) in [6.07, 6.45) is 1.53. The summed E-state index contributed by atoms with van der Waals surface area (Å²) < 4.78 is 12.8. The number of fused-ring (bicyclic) bond motifs is 1. The van der Waals surface area contributed by atoms with Gasteiger partial charge in [0.25, 0.3) is 5.91 Å². The molecule has 1 aromatic heterocycles. The maximum absolute atomic E-state index is 12.8. The van der Waals surface area contributed by atoms with Crippen molar-refractivity contribution in [3.8, 4) is 17.6 Å². The number of thiazole rings is 1. The first-order chi connectivity index (χ1) is 17.4. The zero-order chi connectivity index (χ0) is 25.7. The minimum atomic E-state index is -0.511. The average Bonchev–Trinajstić information content (AvgIpc) is 3.23. The Hall–Kier alpha value is -4.15. The average molecular weight is 498 g/mol. The van der Waals surface area contributed by atoms with Crippen LogP contribution in [0.3, 0.4) is 0 Å². The summed E-state index contributed by atoms with van der Waals surface area (Å²) in [5, 5.41) is 12.9. The molecule has 0 aliphatic heterocycles. The number of nitriles is 1. The monoisotopic (exact) mass is 497 g/mol. The van der Waals surface area contributed by atoms with E-state index in [1.165, 1.54) is 17.4 Å². The second-order valence-electron chi connectivity index (χ2n) is 8.40. The van der Waals surface area contributed by atoms with Gasteiger partial charge in [0.15, 0.2) is 16.6 Å². The Kier molecular flexibility index (Phi) is 7.67. The summed E-state index contributed by atoms with van der Waals surface area (Å²) in [6, 6.07) is 19.4. The van der Waals surface area contributed by atoms with E-state index in [2.05, 4.69) is 16.4 Å². The first-order valence-electron chi connectivity index (χ1n) is 11.6. The number of aryl methyl sites for hydroxylation is 3. The van der Waals surface area contributed by atoms with Crippen LogP contribution in [0, 0.1) is 32.1 Å². The highest BCUT2D eigenvalue weighted by molar-refractivity contribution is 7.22. The van der Waals surface area contributed by atoms with Crippen molar-refractivity contribution >= 4 is 38.7 Å². The number of nitrogens with zero attached hydrogens (tertiary/aromatic N) is 2. The molecule has 4 rings (SSSR count). The van der Waals surface area contributed by atoms with Gasteiger partial charge in [-0.2, -0.15) is 5.26 Å². The molecular weight excluding hydrogens is 470 g/mol. The fraction of sp³-hybridized carbons (Fsp3) is 0.207. The molecule has 6 nitrogen and oxygen atoms in total. The summed E-state index contributed by atoms with van der Waals surface area (Å²) in [5.41, 5.74) is 5.99. The summed E-state index contributed by atoms with van der Waals surface area (Å²) in [5.74, 6) is 0.637. The topological polar surface area (TPSA) is 84.2 Å². The van der Waals surface area contributed by atoms with Gasteiger partial charge in [0, 0.05) is 0 Å². The van der Waals surface area contributed by atoms with Crippen molar-refractivity contribution in [3.63, 3.8) is 0 Å². The quantitative estimate of drug-likeness (QED) is 0.215. The standard InChI is InChI=1S/C29H27N3O3S/c1-5-34-26-15-21(10-11-25(26)35-17-22-9-7-6-8-18(22)2)14-23(16-30)28(33)32-29-31-24-12-19(3)20(4)13-27(24)36-29/h6-15H,5,17H2,1-4H3,(H,31,32,33)/b23-14+. The molecule has 1 amide bonds. The van der Waals surface area contributed by atoms with Gasteiger partial charge in [0.1, 0.15) is 18.2 Å². The van der Waals surface area contributed by atoms with Crippen molar-refractivity contribution in [3.05, 3.63) is 88.0 Å². The lowest BCUT2D eigenvalue weighted by Gasteiger charge is -2.14. The third kappa shape index (κ3) is 5.73. The molecule has 36 heavy (non-hydrogen) atoms. The SMILES string of the molecule is CCOc1cc(/C=C(\C#N)C(=O)Nc2nc3cc(C)c(C)cc3s2)ccc1OCc1ccccc1C. The Labute approximate surface area is 214 Å². The van der Waals surface area contributed by atoms with Crippen molar-refractivity contribution in [2.24, 2.45) is 0 Å². The number of nitrogens with one attached hydrogen (secondary N) is 1. The van der Waals surface area contributed by atoms with Crippen molar-refractivity contribution in [2.75, 3.05) is 11.9 Å². The van der Waals surface area contributed by atoms with Crippen LogP contribution in [0.1, 0.15) is 34.7 Å². The molecule has 0 fully saturated rings. The maximum Gasteiger partial charge on any atom is 0.268 e. The van der Waals surface area contributed by atoms with Gasteiger partial charge in [-0.05, 0) is 85.9 Å². The lowest BCUT2D eigenvalue weighted by molar-refractivity contribution is -0.112. The Morgan fingerprint density at radius 3 is 2.56 bits per heavy atom. The molecule has 0 aliphatic rings. The minimum absolute atomic E-state index is 0.0300. The molecule has 4 aromatic rings. The van der Waals surface area contributed by atoms with Crippen molar-refractivity contribution in [1.29, 1.82) is 5.26 Å². The highest BCUT2D eigenvalue weighted by Gasteiger charge is 2.14. The van der Waals surface area contributed by atoms with Gasteiger partial charge in [-0.3, -0.25) is 10.1 Å². The van der Waals surface area contributed by atoms with Crippen LogP contribution in [0.2, 0.25) is 0 Å². The van der Waals surface area contributed by atoms with Crippen LogP contribution in [-0.4, -0.2) is 17.5 Å². The number of hydrogen-bond donors (Lipinski definition) is 1. The van der Waals surface area contributed by atoms with Crippen molar-refractivity contribution in [2.45, 2.75) is 34.3 Å². The van der Waals surface area contributed by atoms with E-state index in [4.69, 9.17) is 9.47 Å². The minimum Gasteiger partial charge on any atom is -0.490 e. The highest BCUT2D eigenvalue weighted by atomic mass is 32.1. The van der Waals surface area contributed by atoms with Crippen LogP contribution in [0.15, 0.2) is 60.2 Å². The molecule has 0 saturated carbocycles. The zero-order valence-corrected chi connectivity index (χ0v) is 21.5. The van der Waals surface area contributed by atoms with Crippen LogP contribution >= 0.6 is 11.3 Å². The molecule has 0 saturated heterocycles. The van der Waals surface area contributed by atoms with Crippen LogP contribution in [-0.2, 0) is 11.4 Å². The molecular formula is C29H27N3O3S. The first-order valence-corrected chi connectivity index (χ1v) is 12.4. The molecule has 7 heteroatoms. The van der Waals surface area contributed by atoms with E-state index in [1.54, 1.807) is 18.2 Å². The summed E-state index contributed by atoms with van der Waals surface area (Å²) in [4.78, 5) is 17.3. The molecule has 0 bridgehead atoms. The summed E-state index contributed by atoms with van der Waals surface area (Å²) in [6.45, 7) is 8.87. The largest absolute Gasteiger partial charge is 0.490 e. The van der Waals surface area contributed by atoms with Gasteiger partial charge in [-0.15, -0.1) is 0 Å². The van der Waals surface area contributed by atoms with Gasteiger partial charge in [0.05, 0.1) is 16.8 Å². The van der Waals surface area contributed by atoms with Gasteiger partial charge < -0.3 is 9.47 Å². The Bertz CT molecular complexity index is 1460. The number of benzene rings is 3. The van der Waals surface area contributed by atoms with E-state index in [-0.39, 0.29) is 5.57 Å². The van der Waals surface area contributed by atoms with E-state index >= 15 is 0 Å². The maximum atomic E-state index is 12.8. The van der Waals surface area contributed by atoms with E-state index in [1.807, 2.05) is 64.1 Å². The fourth-order valence-corrected chi connectivity index (χ4v) is 4.58. The highest BCUT2D eigenvalue weighted by Crippen LogP contribution is 2.31. The van der Waals surface area contributed by atoms with Crippen molar-refractivity contribution in [1.82, 2.24) is 4.98 Å². The van der Waals surface area contributed by atoms with Crippen LogP contribution in [0.4, 0.5) is 5.13 Å². The molecule has 1 heterocycles. The second-order valence-corrected chi connectivity index (χ2v) is 9.43. The number of aromatic nitrogens is 1. The first kappa shape index (κ1) is 25.0. The molecule has 3 aromatic carbocycles. The lowest BCUT2D eigenvalue weighted by atomic mass is 10.1. The van der Waals surface area contributed by atoms with Crippen LogP contribution < -0.4 is 14.8 Å². The fourth-order valence-electron chi connectivity index (χ4n) is 3.64. The number of anilines is 1.